The first-order valence-electron chi connectivity index (χ1n) is 12.5. The number of nitrogens with two attached hydrogens (primary N) is 1. The normalized spacial score (nSPS) is 13.7. The predicted molar refractivity (Wildman–Crippen MR) is 155 cm³/mol. The smallest absolute Gasteiger partial charge is 0.251 e. The number of carbonyl (C=O) groups excluding carboxylic acids is 1. The predicted octanol–water partition coefficient (Wildman–Crippen LogP) is 3.73. The van der Waals surface area contributed by atoms with Gasteiger partial charge in [0.2, 0.25) is 0 Å². The first-order valence-corrected chi connectivity index (χ1v) is 13.3. The minimum Gasteiger partial charge on any atom is -0.398 e. The lowest BCUT2D eigenvalue weighted by atomic mass is 10.1. The zero-order chi connectivity index (χ0) is 26.6. The van der Waals surface area contributed by atoms with Crippen LogP contribution < -0.4 is 16.0 Å². The average Bonchev–Trinajstić information content (AvgIpc) is 3.37. The van der Waals surface area contributed by atoms with Crippen molar-refractivity contribution in [3.05, 3.63) is 59.7 Å². The summed E-state index contributed by atoms with van der Waals surface area (Å²) in [6, 6.07) is 15.2. The summed E-state index contributed by atoms with van der Waals surface area (Å²) < 4.78 is 6.56. The molecule has 1 fully saturated rings. The molecule has 196 valence electrons. The number of nitrogen functional groups attached to an aromatic ring is 1. The zero-order valence-corrected chi connectivity index (χ0v) is 22.3. The Labute approximate surface area is 225 Å². The van der Waals surface area contributed by atoms with Gasteiger partial charge >= 0.3 is 0 Å². The van der Waals surface area contributed by atoms with Crippen molar-refractivity contribution in [1.82, 2.24) is 20.2 Å². The molecule has 2 aromatic heterocycles. The lowest BCUT2D eigenvalue weighted by Crippen LogP contribution is -2.36. The standard InChI is InChI=1S/C28H31N7O2S/c1-34(2)10-9-31-28(36)19-6-3-5-18(15-19)24-16-23-25(38-24)27(35-11-13-37-14-12-35)33-26(32-23)20-7-4-8-22(30)21(20)17-29/h3-8,15-17,29H,9-14,30H2,1-2H3,(H,31,36). The lowest BCUT2D eigenvalue weighted by molar-refractivity contribution is 0.0951. The van der Waals surface area contributed by atoms with Gasteiger partial charge in [-0.2, -0.15) is 0 Å². The third-order valence-electron chi connectivity index (χ3n) is 6.44. The van der Waals surface area contributed by atoms with Crippen molar-refractivity contribution in [3.63, 3.8) is 0 Å². The molecule has 1 aliphatic heterocycles. The summed E-state index contributed by atoms with van der Waals surface area (Å²) in [5.74, 6) is 1.29. The van der Waals surface area contributed by atoms with Crippen molar-refractivity contribution in [2.75, 3.05) is 64.1 Å². The van der Waals surface area contributed by atoms with Crippen LogP contribution in [0.5, 0.6) is 0 Å². The number of nitrogens with one attached hydrogen (secondary N) is 2. The number of aromatic nitrogens is 2. The van der Waals surface area contributed by atoms with Crippen molar-refractivity contribution >= 4 is 45.2 Å². The number of nitrogens with zero attached hydrogens (tertiary/aromatic N) is 4. The number of fused-ring (bicyclic) bond motifs is 1. The Morgan fingerprint density at radius 3 is 2.74 bits per heavy atom. The molecular formula is C28H31N7O2S. The number of hydrogen-bond acceptors (Lipinski definition) is 9. The van der Waals surface area contributed by atoms with Crippen molar-refractivity contribution < 1.29 is 9.53 Å². The summed E-state index contributed by atoms with van der Waals surface area (Å²) in [5, 5.41) is 10.9. The van der Waals surface area contributed by atoms with Gasteiger partial charge in [-0.1, -0.05) is 24.3 Å². The van der Waals surface area contributed by atoms with Gasteiger partial charge in [0, 0.05) is 59.6 Å². The SMILES string of the molecule is CN(C)CCNC(=O)c1cccc(-c2cc3nc(-c4cccc(N)c4C=N)nc(N4CCOCC4)c3s2)c1. The maximum absolute atomic E-state index is 12.7. The van der Waals surface area contributed by atoms with E-state index in [-0.39, 0.29) is 5.91 Å². The van der Waals surface area contributed by atoms with Gasteiger partial charge in [0.25, 0.3) is 5.91 Å². The van der Waals surface area contributed by atoms with Crippen LogP contribution in [-0.4, -0.2) is 80.5 Å². The highest BCUT2D eigenvalue weighted by molar-refractivity contribution is 7.22. The monoisotopic (exact) mass is 529 g/mol. The first kappa shape index (κ1) is 25.8. The summed E-state index contributed by atoms with van der Waals surface area (Å²) in [5.41, 5.74) is 10.4. The Morgan fingerprint density at radius 2 is 1.97 bits per heavy atom. The number of thiophene rings is 1. The van der Waals surface area contributed by atoms with Crippen LogP contribution in [0.2, 0.25) is 0 Å². The van der Waals surface area contributed by atoms with E-state index in [9.17, 15) is 4.79 Å². The third kappa shape index (κ3) is 5.38. The average molecular weight is 530 g/mol. The van der Waals surface area contributed by atoms with Crippen LogP contribution in [-0.2, 0) is 4.74 Å². The minimum atomic E-state index is -0.0910. The summed E-state index contributed by atoms with van der Waals surface area (Å²) in [4.78, 5) is 27.9. The molecule has 1 aliphatic rings. The van der Waals surface area contributed by atoms with Crippen LogP contribution in [0.15, 0.2) is 48.5 Å². The van der Waals surface area contributed by atoms with Gasteiger partial charge in [0.1, 0.15) is 0 Å². The van der Waals surface area contributed by atoms with Crippen LogP contribution >= 0.6 is 11.3 Å². The van der Waals surface area contributed by atoms with Gasteiger partial charge in [-0.3, -0.25) is 4.79 Å². The molecule has 2 aromatic carbocycles. The number of ether oxygens (including phenoxy) is 1. The number of hydrogen-bond donors (Lipinski definition) is 3. The quantitative estimate of drug-likeness (QED) is 0.235. The fourth-order valence-electron chi connectivity index (χ4n) is 4.41. The maximum Gasteiger partial charge on any atom is 0.251 e. The molecule has 4 aromatic rings. The molecule has 9 nitrogen and oxygen atoms in total. The molecule has 4 N–H and O–H groups in total. The summed E-state index contributed by atoms with van der Waals surface area (Å²) in [7, 11) is 3.96. The Balaban J connectivity index is 1.57. The van der Waals surface area contributed by atoms with E-state index in [1.165, 1.54) is 6.21 Å². The maximum atomic E-state index is 12.7. The molecule has 38 heavy (non-hydrogen) atoms. The van der Waals surface area contributed by atoms with E-state index in [0.29, 0.717) is 42.4 Å². The Bertz CT molecular complexity index is 1480. The van der Waals surface area contributed by atoms with Crippen LogP contribution in [0, 0.1) is 5.41 Å². The van der Waals surface area contributed by atoms with Crippen LogP contribution in [0.1, 0.15) is 15.9 Å². The Hall–Kier alpha value is -3.86. The van der Waals surface area contributed by atoms with E-state index in [2.05, 4.69) is 16.3 Å². The van der Waals surface area contributed by atoms with E-state index in [1.807, 2.05) is 55.4 Å². The molecular weight excluding hydrogens is 498 g/mol. The first-order chi connectivity index (χ1) is 18.4. The summed E-state index contributed by atoms with van der Waals surface area (Å²) >= 11 is 1.61. The van der Waals surface area contributed by atoms with Gasteiger partial charge in [-0.05, 0) is 43.9 Å². The largest absolute Gasteiger partial charge is 0.398 e. The highest BCUT2D eigenvalue weighted by Crippen LogP contribution is 2.39. The topological polar surface area (TPSA) is 120 Å². The van der Waals surface area contributed by atoms with Crippen LogP contribution in [0.4, 0.5) is 11.5 Å². The molecule has 10 heteroatoms. The van der Waals surface area contributed by atoms with E-state index in [0.717, 1.165) is 51.7 Å². The van der Waals surface area contributed by atoms with Crippen molar-refractivity contribution in [2.45, 2.75) is 0 Å². The molecule has 0 radical (unpaired) electrons. The number of benzene rings is 2. The molecule has 3 heterocycles. The third-order valence-corrected chi connectivity index (χ3v) is 7.61. The highest BCUT2D eigenvalue weighted by Gasteiger charge is 2.22. The molecule has 0 atom stereocenters. The van der Waals surface area contributed by atoms with Crippen molar-refractivity contribution in [3.8, 4) is 21.8 Å². The van der Waals surface area contributed by atoms with Gasteiger partial charge in [0.15, 0.2) is 11.6 Å². The highest BCUT2D eigenvalue weighted by atomic mass is 32.1. The second kappa shape index (κ2) is 11.3. The van der Waals surface area contributed by atoms with E-state index >= 15 is 0 Å². The number of anilines is 2. The molecule has 1 saturated heterocycles. The number of likely N-dealkylation sites (N-methyl/N-ethyl adjacent to an activating group) is 1. The van der Waals surface area contributed by atoms with Crippen LogP contribution in [0.3, 0.4) is 0 Å². The fraction of sp³-hybridized carbons (Fsp3) is 0.286. The van der Waals surface area contributed by atoms with Gasteiger partial charge in [-0.15, -0.1) is 11.3 Å². The summed E-state index contributed by atoms with van der Waals surface area (Å²) in [6.07, 6.45) is 1.25. The molecule has 0 aliphatic carbocycles. The minimum absolute atomic E-state index is 0.0910. The molecule has 0 unspecified atom stereocenters. The second-order valence-electron chi connectivity index (χ2n) is 9.39. The Morgan fingerprint density at radius 1 is 1.18 bits per heavy atom. The number of rotatable bonds is 8. The summed E-state index contributed by atoms with van der Waals surface area (Å²) in [6.45, 7) is 4.09. The number of carbonyl (C=O) groups is 1. The lowest BCUT2D eigenvalue weighted by Gasteiger charge is -2.28. The van der Waals surface area contributed by atoms with E-state index in [1.54, 1.807) is 17.4 Å². The zero-order valence-electron chi connectivity index (χ0n) is 21.5. The molecule has 1 amide bonds. The molecule has 0 saturated carbocycles. The Kier molecular flexibility index (Phi) is 7.64. The molecule has 0 bridgehead atoms. The van der Waals surface area contributed by atoms with Crippen molar-refractivity contribution in [2.24, 2.45) is 0 Å². The number of morpholine rings is 1. The van der Waals surface area contributed by atoms with E-state index < -0.39 is 0 Å². The van der Waals surface area contributed by atoms with Gasteiger partial charge in [-0.25, -0.2) is 9.97 Å². The van der Waals surface area contributed by atoms with Gasteiger partial charge in [0.05, 0.1) is 23.4 Å². The van der Waals surface area contributed by atoms with Crippen LogP contribution in [0.25, 0.3) is 32.0 Å². The van der Waals surface area contributed by atoms with E-state index in [4.69, 9.17) is 25.8 Å². The van der Waals surface area contributed by atoms with Gasteiger partial charge < -0.3 is 31.0 Å². The molecule has 5 rings (SSSR count). The molecule has 0 spiro atoms. The fourth-order valence-corrected chi connectivity index (χ4v) is 5.53. The van der Waals surface area contributed by atoms with Crippen molar-refractivity contribution in [1.29, 1.82) is 5.41 Å². The second-order valence-corrected chi connectivity index (χ2v) is 10.4. The number of amides is 1.